The Labute approximate surface area is 159 Å². The fraction of sp³-hybridized carbons (Fsp3) is 0.900. The van der Waals surface area contributed by atoms with Crippen molar-refractivity contribution in [3.63, 3.8) is 0 Å². The van der Waals surface area contributed by atoms with E-state index in [0.29, 0.717) is 31.5 Å². The van der Waals surface area contributed by atoms with Crippen LogP contribution in [-0.4, -0.2) is 59.7 Å². The quantitative estimate of drug-likeness (QED) is 0.409. The lowest BCUT2D eigenvalue weighted by Crippen LogP contribution is -2.44. The van der Waals surface area contributed by atoms with E-state index in [1.165, 1.54) is 6.42 Å². The third-order valence-electron chi connectivity index (χ3n) is 5.06. The number of carbonyl (C=O) groups is 1. The number of nitrogens with zero attached hydrogens (tertiary/aromatic N) is 2. The normalized spacial score (nSPS) is 18.7. The first-order chi connectivity index (χ1) is 12.5. The molecule has 3 N–H and O–H groups in total. The van der Waals surface area contributed by atoms with Crippen molar-refractivity contribution in [1.82, 2.24) is 15.5 Å². The van der Waals surface area contributed by atoms with Gasteiger partial charge in [-0.1, -0.05) is 26.7 Å². The summed E-state index contributed by atoms with van der Waals surface area (Å²) in [5, 5.41) is 17.2. The van der Waals surface area contributed by atoms with Crippen molar-refractivity contribution in [2.45, 2.75) is 90.7 Å². The third-order valence-corrected chi connectivity index (χ3v) is 5.06. The molecule has 1 rings (SSSR count). The maximum absolute atomic E-state index is 12.4. The molecule has 0 saturated carbocycles. The van der Waals surface area contributed by atoms with Gasteiger partial charge in [0.15, 0.2) is 5.96 Å². The van der Waals surface area contributed by atoms with Gasteiger partial charge in [-0.25, -0.2) is 0 Å². The Hall–Kier alpha value is -1.30. The lowest BCUT2D eigenvalue weighted by atomic mass is 9.93. The van der Waals surface area contributed by atoms with Crippen LogP contribution in [0.1, 0.15) is 79.1 Å². The van der Waals surface area contributed by atoms with E-state index in [1.807, 2.05) is 11.8 Å². The number of amides is 1. The van der Waals surface area contributed by atoms with E-state index in [9.17, 15) is 9.90 Å². The second-order valence-electron chi connectivity index (χ2n) is 7.53. The molecule has 0 radical (unpaired) electrons. The Bertz CT molecular complexity index is 434. The predicted molar refractivity (Wildman–Crippen MR) is 108 cm³/mol. The molecule has 1 aliphatic heterocycles. The molecule has 6 heteroatoms. The summed E-state index contributed by atoms with van der Waals surface area (Å²) in [5.74, 6) is 0.895. The molecule has 26 heavy (non-hydrogen) atoms. The smallest absolute Gasteiger partial charge is 0.224 e. The Morgan fingerprint density at radius 1 is 1.19 bits per heavy atom. The van der Waals surface area contributed by atoms with E-state index in [2.05, 4.69) is 36.4 Å². The second kappa shape index (κ2) is 12.2. The van der Waals surface area contributed by atoms with Crippen molar-refractivity contribution < 1.29 is 9.90 Å². The van der Waals surface area contributed by atoms with Crippen LogP contribution in [0.2, 0.25) is 0 Å². The van der Waals surface area contributed by atoms with Gasteiger partial charge in [-0.05, 0) is 46.0 Å². The van der Waals surface area contributed by atoms with Crippen LogP contribution in [0.4, 0.5) is 0 Å². The number of rotatable bonds is 10. The Morgan fingerprint density at radius 2 is 1.88 bits per heavy atom. The van der Waals surface area contributed by atoms with Crippen LogP contribution in [0.3, 0.4) is 0 Å². The standard InChI is InChI=1S/C20H40N4O2/c1-5-12-20(26,13-6-2)16-23-19(21-7-3)22-14-11-18(25)24-15-9-8-10-17(24)4/h17,26H,5-16H2,1-4H3,(H2,21,22,23). The topological polar surface area (TPSA) is 77.0 Å². The number of hydrogen-bond acceptors (Lipinski definition) is 3. The van der Waals surface area contributed by atoms with Gasteiger partial charge >= 0.3 is 0 Å². The zero-order valence-electron chi connectivity index (χ0n) is 17.3. The molecule has 1 unspecified atom stereocenters. The summed E-state index contributed by atoms with van der Waals surface area (Å²) in [6.45, 7) is 10.9. The SMILES string of the molecule is CCCC(O)(CCC)CN=C(NCC)NCCC(=O)N1CCCCC1C. The number of piperidine rings is 1. The van der Waals surface area contributed by atoms with Gasteiger partial charge in [0.05, 0.1) is 12.1 Å². The van der Waals surface area contributed by atoms with E-state index in [-0.39, 0.29) is 5.91 Å². The number of likely N-dealkylation sites (tertiary alicyclic amines) is 1. The highest BCUT2D eigenvalue weighted by atomic mass is 16.3. The third kappa shape index (κ3) is 7.94. The molecule has 6 nitrogen and oxygen atoms in total. The highest BCUT2D eigenvalue weighted by Crippen LogP contribution is 2.20. The Morgan fingerprint density at radius 3 is 2.46 bits per heavy atom. The first kappa shape index (κ1) is 22.7. The van der Waals surface area contributed by atoms with Gasteiger partial charge in [0.2, 0.25) is 5.91 Å². The first-order valence-corrected chi connectivity index (χ1v) is 10.5. The lowest BCUT2D eigenvalue weighted by molar-refractivity contribution is -0.134. The van der Waals surface area contributed by atoms with E-state index >= 15 is 0 Å². The number of carbonyl (C=O) groups excluding carboxylic acids is 1. The highest BCUT2D eigenvalue weighted by Gasteiger charge is 2.25. The summed E-state index contributed by atoms with van der Waals surface area (Å²) in [6.07, 6.45) is 7.32. The van der Waals surface area contributed by atoms with Crippen LogP contribution in [0, 0.1) is 0 Å². The average Bonchev–Trinajstić information content (AvgIpc) is 2.60. The fourth-order valence-corrected chi connectivity index (χ4v) is 3.68. The van der Waals surface area contributed by atoms with Gasteiger partial charge in [0.25, 0.3) is 0 Å². The van der Waals surface area contributed by atoms with E-state index in [0.717, 1.165) is 51.6 Å². The molecule has 0 aromatic carbocycles. The molecule has 0 spiro atoms. The Balaban J connectivity index is 2.52. The van der Waals surface area contributed by atoms with E-state index in [1.54, 1.807) is 0 Å². The summed E-state index contributed by atoms with van der Waals surface area (Å²) in [4.78, 5) is 19.0. The van der Waals surface area contributed by atoms with Crippen molar-refractivity contribution in [2.75, 3.05) is 26.2 Å². The fourth-order valence-electron chi connectivity index (χ4n) is 3.68. The zero-order chi connectivity index (χ0) is 19.4. The maximum atomic E-state index is 12.4. The van der Waals surface area contributed by atoms with Crippen molar-refractivity contribution in [3.05, 3.63) is 0 Å². The molecular formula is C20H40N4O2. The number of nitrogens with one attached hydrogen (secondary N) is 2. The molecule has 0 aliphatic carbocycles. The summed E-state index contributed by atoms with van der Waals surface area (Å²) in [5.41, 5.74) is -0.731. The van der Waals surface area contributed by atoms with Gasteiger partial charge in [-0.2, -0.15) is 0 Å². The monoisotopic (exact) mass is 368 g/mol. The molecular weight excluding hydrogens is 328 g/mol. The average molecular weight is 369 g/mol. The minimum Gasteiger partial charge on any atom is -0.388 e. The van der Waals surface area contributed by atoms with Crippen LogP contribution >= 0.6 is 0 Å². The molecule has 1 heterocycles. The number of aliphatic imine (C=N–C) groups is 1. The molecule has 0 bridgehead atoms. The summed E-state index contributed by atoms with van der Waals surface area (Å²) < 4.78 is 0. The summed E-state index contributed by atoms with van der Waals surface area (Å²) in [7, 11) is 0. The number of guanidine groups is 1. The van der Waals surface area contributed by atoms with Gasteiger partial charge < -0.3 is 20.6 Å². The van der Waals surface area contributed by atoms with Crippen LogP contribution in [-0.2, 0) is 4.79 Å². The molecule has 1 atom stereocenters. The minimum atomic E-state index is -0.731. The highest BCUT2D eigenvalue weighted by molar-refractivity contribution is 5.81. The van der Waals surface area contributed by atoms with E-state index in [4.69, 9.17) is 0 Å². The molecule has 1 saturated heterocycles. The lowest BCUT2D eigenvalue weighted by Gasteiger charge is -2.33. The van der Waals surface area contributed by atoms with Crippen molar-refractivity contribution in [2.24, 2.45) is 4.99 Å². The second-order valence-corrected chi connectivity index (χ2v) is 7.53. The summed E-state index contributed by atoms with van der Waals surface area (Å²) in [6, 6.07) is 0.358. The molecule has 1 amide bonds. The largest absolute Gasteiger partial charge is 0.388 e. The van der Waals surface area contributed by atoms with Crippen molar-refractivity contribution >= 4 is 11.9 Å². The van der Waals surface area contributed by atoms with Crippen molar-refractivity contribution in [1.29, 1.82) is 0 Å². The van der Waals surface area contributed by atoms with Crippen LogP contribution in [0.5, 0.6) is 0 Å². The van der Waals surface area contributed by atoms with Gasteiger partial charge in [-0.3, -0.25) is 9.79 Å². The van der Waals surface area contributed by atoms with Crippen LogP contribution in [0.15, 0.2) is 4.99 Å². The van der Waals surface area contributed by atoms with E-state index < -0.39 is 5.60 Å². The Kier molecular flexibility index (Phi) is 10.6. The molecule has 1 fully saturated rings. The van der Waals surface area contributed by atoms with Gasteiger partial charge in [0.1, 0.15) is 0 Å². The van der Waals surface area contributed by atoms with Gasteiger partial charge in [-0.15, -0.1) is 0 Å². The zero-order valence-corrected chi connectivity index (χ0v) is 17.3. The number of aliphatic hydroxyl groups is 1. The van der Waals surface area contributed by atoms with Gasteiger partial charge in [0, 0.05) is 32.1 Å². The first-order valence-electron chi connectivity index (χ1n) is 10.5. The molecule has 0 aromatic rings. The predicted octanol–water partition coefficient (Wildman–Crippen LogP) is 2.66. The summed E-state index contributed by atoms with van der Waals surface area (Å²) >= 11 is 0. The number of hydrogen-bond donors (Lipinski definition) is 3. The maximum Gasteiger partial charge on any atom is 0.224 e. The molecule has 152 valence electrons. The molecule has 1 aliphatic rings. The van der Waals surface area contributed by atoms with Crippen molar-refractivity contribution in [3.8, 4) is 0 Å². The van der Waals surface area contributed by atoms with Crippen LogP contribution in [0.25, 0.3) is 0 Å². The molecule has 0 aromatic heterocycles. The minimum absolute atomic E-state index is 0.217. The van der Waals surface area contributed by atoms with Crippen LogP contribution < -0.4 is 10.6 Å².